The zero-order valence-electron chi connectivity index (χ0n) is 22.4. The molecule has 1 aromatic heterocycles. The zero-order chi connectivity index (χ0) is 27.6. The van der Waals surface area contributed by atoms with Crippen LogP contribution in [-0.4, -0.2) is 68.6 Å². The molecule has 2 heterocycles. The van der Waals surface area contributed by atoms with Crippen molar-refractivity contribution in [1.29, 1.82) is 0 Å². The van der Waals surface area contributed by atoms with E-state index in [0.717, 1.165) is 11.3 Å². The maximum absolute atomic E-state index is 14.0. The van der Waals surface area contributed by atoms with Crippen LogP contribution in [0.5, 0.6) is 5.75 Å². The summed E-state index contributed by atoms with van der Waals surface area (Å²) in [5.74, 6) is 0.0382. The lowest BCUT2D eigenvalue weighted by Crippen LogP contribution is -2.44. The topological polar surface area (TPSA) is 81.1 Å². The third-order valence-electron chi connectivity index (χ3n) is 7.17. The first-order chi connectivity index (χ1) is 18.1. The molecule has 8 nitrogen and oxygen atoms in total. The standard InChI is InChI=1S/C28H34FN3O5S/c1-19-16-25(36-5)20(2)21(3)28(19)38(34,35)30(4)14-15-37-18-26(33)32-13-12-31-11-7-10-24(31)27(32)22-8-6-9-23(29)17-22/h6-11,16-17,27H,12-15,18H2,1-5H3. The van der Waals surface area contributed by atoms with Crippen molar-refractivity contribution in [3.05, 3.63) is 82.4 Å². The number of amides is 1. The molecule has 1 aliphatic heterocycles. The number of sulfonamides is 1. The molecule has 0 aliphatic carbocycles. The molecule has 3 aromatic rings. The molecule has 2 aromatic carbocycles. The lowest BCUT2D eigenvalue weighted by Gasteiger charge is -2.37. The highest BCUT2D eigenvalue weighted by Gasteiger charge is 2.32. The van der Waals surface area contributed by atoms with Crippen LogP contribution in [0.3, 0.4) is 0 Å². The number of methoxy groups -OCH3 is 1. The van der Waals surface area contributed by atoms with Crippen molar-refractivity contribution >= 4 is 15.9 Å². The minimum atomic E-state index is -3.78. The highest BCUT2D eigenvalue weighted by atomic mass is 32.2. The Bertz CT molecular complexity index is 1440. The maximum Gasteiger partial charge on any atom is 0.249 e. The zero-order valence-corrected chi connectivity index (χ0v) is 23.2. The minimum Gasteiger partial charge on any atom is -0.496 e. The number of halogens is 1. The number of nitrogens with zero attached hydrogens (tertiary/aromatic N) is 3. The molecule has 38 heavy (non-hydrogen) atoms. The van der Waals surface area contributed by atoms with Crippen molar-refractivity contribution in [2.75, 3.05) is 40.5 Å². The first-order valence-electron chi connectivity index (χ1n) is 12.4. The van der Waals surface area contributed by atoms with Crippen molar-refractivity contribution < 1.29 is 27.1 Å². The van der Waals surface area contributed by atoms with Gasteiger partial charge in [-0.05, 0) is 73.4 Å². The van der Waals surface area contributed by atoms with E-state index < -0.39 is 16.1 Å². The molecule has 0 spiro atoms. The van der Waals surface area contributed by atoms with Gasteiger partial charge in [0.25, 0.3) is 0 Å². The Labute approximate surface area is 223 Å². The van der Waals surface area contributed by atoms with E-state index in [2.05, 4.69) is 4.57 Å². The van der Waals surface area contributed by atoms with E-state index in [1.165, 1.54) is 23.5 Å². The number of hydrogen-bond donors (Lipinski definition) is 0. The van der Waals surface area contributed by atoms with Gasteiger partial charge in [0.05, 0.1) is 24.7 Å². The predicted molar refractivity (Wildman–Crippen MR) is 142 cm³/mol. The fourth-order valence-electron chi connectivity index (χ4n) is 5.02. The number of aromatic nitrogens is 1. The van der Waals surface area contributed by atoms with E-state index in [9.17, 15) is 17.6 Å². The molecular formula is C28H34FN3O5S. The van der Waals surface area contributed by atoms with Crippen molar-refractivity contribution in [3.8, 4) is 5.75 Å². The first-order valence-corrected chi connectivity index (χ1v) is 13.9. The molecule has 0 N–H and O–H groups in total. The SMILES string of the molecule is COc1cc(C)c(S(=O)(=O)N(C)CCOCC(=O)N2CCn3cccc3C2c2cccc(F)c2)c(C)c1C. The molecule has 1 unspecified atom stereocenters. The monoisotopic (exact) mass is 543 g/mol. The molecule has 0 radical (unpaired) electrons. The number of aryl methyl sites for hydroxylation is 1. The van der Waals surface area contributed by atoms with E-state index in [0.29, 0.717) is 35.5 Å². The lowest BCUT2D eigenvalue weighted by molar-refractivity contribution is -0.138. The predicted octanol–water partition coefficient (Wildman–Crippen LogP) is 3.83. The van der Waals surface area contributed by atoms with Gasteiger partial charge in [-0.3, -0.25) is 4.79 Å². The van der Waals surface area contributed by atoms with E-state index in [1.807, 2.05) is 31.3 Å². The average molecular weight is 544 g/mol. The molecule has 10 heteroatoms. The Morgan fingerprint density at radius 3 is 2.58 bits per heavy atom. The molecule has 4 rings (SSSR count). The second-order valence-electron chi connectivity index (χ2n) is 9.53. The van der Waals surface area contributed by atoms with Gasteiger partial charge in [-0.1, -0.05) is 12.1 Å². The second-order valence-corrected chi connectivity index (χ2v) is 11.5. The summed E-state index contributed by atoms with van der Waals surface area (Å²) in [5, 5.41) is 0. The molecule has 204 valence electrons. The van der Waals surface area contributed by atoms with Crippen molar-refractivity contribution in [2.45, 2.75) is 38.3 Å². The van der Waals surface area contributed by atoms with Gasteiger partial charge in [-0.25, -0.2) is 12.8 Å². The molecule has 0 saturated carbocycles. The third kappa shape index (κ3) is 5.34. The third-order valence-corrected chi connectivity index (χ3v) is 9.31. The molecular weight excluding hydrogens is 509 g/mol. The van der Waals surface area contributed by atoms with Crippen LogP contribution in [-0.2, 0) is 26.1 Å². The van der Waals surface area contributed by atoms with E-state index in [4.69, 9.17) is 9.47 Å². The largest absolute Gasteiger partial charge is 0.496 e. The fraction of sp³-hybridized carbons (Fsp3) is 0.393. The lowest BCUT2D eigenvalue weighted by atomic mass is 9.99. The Balaban J connectivity index is 1.41. The van der Waals surface area contributed by atoms with Crippen molar-refractivity contribution in [3.63, 3.8) is 0 Å². The number of hydrogen-bond acceptors (Lipinski definition) is 5. The van der Waals surface area contributed by atoms with Gasteiger partial charge in [0.15, 0.2) is 0 Å². The highest BCUT2D eigenvalue weighted by molar-refractivity contribution is 7.89. The van der Waals surface area contributed by atoms with Gasteiger partial charge < -0.3 is 18.9 Å². The maximum atomic E-state index is 14.0. The average Bonchev–Trinajstić information content (AvgIpc) is 3.36. The normalized spacial score (nSPS) is 15.6. The second kappa shape index (κ2) is 11.3. The number of benzene rings is 2. The molecule has 1 amide bonds. The van der Waals surface area contributed by atoms with Crippen LogP contribution in [0, 0.1) is 26.6 Å². The summed E-state index contributed by atoms with van der Waals surface area (Å²) in [6.07, 6.45) is 1.95. The highest BCUT2D eigenvalue weighted by Crippen LogP contribution is 2.33. The van der Waals surface area contributed by atoms with Gasteiger partial charge >= 0.3 is 0 Å². The number of carbonyl (C=O) groups is 1. The van der Waals surface area contributed by atoms with Crippen LogP contribution in [0.25, 0.3) is 0 Å². The Kier molecular flexibility index (Phi) is 8.25. The van der Waals surface area contributed by atoms with Crippen LogP contribution in [0.2, 0.25) is 0 Å². The number of rotatable bonds is 9. The summed E-state index contributed by atoms with van der Waals surface area (Å²) < 4.78 is 55.0. The van der Waals surface area contributed by atoms with Crippen LogP contribution in [0.4, 0.5) is 4.39 Å². The van der Waals surface area contributed by atoms with Crippen LogP contribution in [0.1, 0.15) is 34.0 Å². The fourth-order valence-corrected chi connectivity index (χ4v) is 6.65. The summed E-state index contributed by atoms with van der Waals surface area (Å²) in [6.45, 7) is 6.34. The number of carbonyl (C=O) groups excluding carboxylic acids is 1. The van der Waals surface area contributed by atoms with E-state index in [1.54, 1.807) is 38.0 Å². The van der Waals surface area contributed by atoms with Crippen LogP contribution in [0.15, 0.2) is 53.6 Å². The Morgan fingerprint density at radius 1 is 1.11 bits per heavy atom. The molecule has 1 aliphatic rings. The first kappa shape index (κ1) is 27.8. The summed E-state index contributed by atoms with van der Waals surface area (Å²) in [5.41, 5.74) is 3.60. The van der Waals surface area contributed by atoms with E-state index >= 15 is 0 Å². The summed E-state index contributed by atoms with van der Waals surface area (Å²) in [4.78, 5) is 15.1. The number of likely N-dealkylation sites (N-methyl/N-ethyl adjacent to an activating group) is 1. The Hall–Kier alpha value is -3.21. The van der Waals surface area contributed by atoms with Crippen molar-refractivity contribution in [1.82, 2.24) is 13.8 Å². The van der Waals surface area contributed by atoms with E-state index in [-0.39, 0.29) is 36.4 Å². The van der Waals surface area contributed by atoms with Crippen LogP contribution < -0.4 is 4.74 Å². The van der Waals surface area contributed by atoms with Gasteiger partial charge in [-0.2, -0.15) is 4.31 Å². The van der Waals surface area contributed by atoms with Crippen molar-refractivity contribution in [2.24, 2.45) is 0 Å². The van der Waals surface area contributed by atoms with Gasteiger partial charge in [0, 0.05) is 38.6 Å². The quantitative estimate of drug-likeness (QED) is 0.383. The minimum absolute atomic E-state index is 0.0452. The summed E-state index contributed by atoms with van der Waals surface area (Å²) in [6, 6.07) is 11.4. The number of ether oxygens (including phenoxy) is 2. The van der Waals surface area contributed by atoms with Gasteiger partial charge in [-0.15, -0.1) is 0 Å². The van der Waals surface area contributed by atoms with Gasteiger partial charge in [0.1, 0.15) is 18.2 Å². The molecule has 0 fully saturated rings. The Morgan fingerprint density at radius 2 is 1.87 bits per heavy atom. The summed E-state index contributed by atoms with van der Waals surface area (Å²) in [7, 11) is -0.725. The summed E-state index contributed by atoms with van der Waals surface area (Å²) >= 11 is 0. The van der Waals surface area contributed by atoms with Crippen LogP contribution >= 0.6 is 0 Å². The molecule has 0 saturated heterocycles. The number of fused-ring (bicyclic) bond motifs is 1. The molecule has 0 bridgehead atoms. The van der Waals surface area contributed by atoms with Gasteiger partial charge in [0.2, 0.25) is 15.9 Å². The molecule has 1 atom stereocenters. The smallest absolute Gasteiger partial charge is 0.249 e.